The third-order valence-corrected chi connectivity index (χ3v) is 7.92. The molecule has 1 saturated heterocycles. The number of aliphatic hydroxyl groups is 2. The number of aromatic amines is 1. The number of aromatic nitrogens is 2. The minimum atomic E-state index is -5.83. The van der Waals surface area contributed by atoms with E-state index in [-0.39, 0.29) is 0 Å². The lowest BCUT2D eigenvalue weighted by Gasteiger charge is -2.29. The average molecular weight is 550 g/mol. The Hall–Kier alpha value is -0.750. The highest BCUT2D eigenvalue weighted by atomic mass is 32.1. The van der Waals surface area contributed by atoms with Crippen LogP contribution in [0.3, 0.4) is 0 Å². The summed E-state index contributed by atoms with van der Waals surface area (Å²) in [5, 5.41) is 20.6. The zero-order valence-electron chi connectivity index (χ0n) is 15.1. The van der Waals surface area contributed by atoms with Gasteiger partial charge in [-0.05, 0) is 12.2 Å². The lowest BCUT2D eigenvalue weighted by Crippen LogP contribution is -2.49. The molecular weight excluding hydrogens is 535 g/mol. The normalized spacial score (nSPS) is 30.1. The van der Waals surface area contributed by atoms with E-state index in [9.17, 15) is 42.4 Å². The fraction of sp³-hybridized carbons (Fsp3) is 0.600. The van der Waals surface area contributed by atoms with Crippen LogP contribution in [0.1, 0.15) is 6.23 Å². The zero-order chi connectivity index (χ0) is 24.7. The van der Waals surface area contributed by atoms with Gasteiger partial charge in [0.05, 0.1) is 12.8 Å². The Labute approximate surface area is 180 Å². The van der Waals surface area contributed by atoms with E-state index in [1.807, 2.05) is 4.98 Å². The number of halogens is 2. The van der Waals surface area contributed by atoms with Crippen molar-refractivity contribution in [2.45, 2.75) is 24.0 Å². The summed E-state index contributed by atoms with van der Waals surface area (Å²) < 4.78 is 77.2. The number of rotatable bonds is 9. The molecule has 0 radical (unpaired) electrons. The maximum Gasteiger partial charge on any atom is 0.490 e. The highest BCUT2D eigenvalue weighted by Gasteiger charge is 2.57. The Morgan fingerprint density at radius 2 is 1.81 bits per heavy atom. The van der Waals surface area contributed by atoms with Gasteiger partial charge in [0.15, 0.2) is 16.6 Å². The van der Waals surface area contributed by atoms with Crippen LogP contribution >= 0.6 is 35.7 Å². The maximum atomic E-state index is 13.6. The number of H-pyrrole nitrogens is 1. The Morgan fingerprint density at radius 3 is 2.34 bits per heavy atom. The molecule has 1 aliphatic rings. The largest absolute Gasteiger partial charge is 0.490 e. The van der Waals surface area contributed by atoms with Gasteiger partial charge in [-0.25, -0.2) is 18.1 Å². The molecule has 2 heterocycles. The second-order valence-corrected chi connectivity index (χ2v) is 10.9. The van der Waals surface area contributed by atoms with Crippen LogP contribution in [0, 0.1) is 10.6 Å². The predicted octanol–water partition coefficient (Wildman–Crippen LogP) is -0.653. The van der Waals surface area contributed by atoms with Crippen LogP contribution < -0.4 is 5.56 Å². The van der Waals surface area contributed by atoms with Gasteiger partial charge in [-0.2, -0.15) is 13.0 Å². The van der Waals surface area contributed by atoms with Gasteiger partial charge in [0.2, 0.25) is 5.82 Å². The molecule has 0 saturated carbocycles. The van der Waals surface area contributed by atoms with Gasteiger partial charge < -0.3 is 34.5 Å². The topological polar surface area (TPSA) is 247 Å². The first kappa shape index (κ1) is 27.5. The van der Waals surface area contributed by atoms with Crippen molar-refractivity contribution in [1.82, 2.24) is 9.55 Å². The monoisotopic (exact) mass is 550 g/mol. The fourth-order valence-corrected chi connectivity index (χ4v) is 5.78. The number of ether oxygens (including phenoxy) is 1. The highest BCUT2D eigenvalue weighted by molar-refractivity contribution is 7.71. The van der Waals surface area contributed by atoms with Gasteiger partial charge in [0.25, 0.3) is 5.56 Å². The van der Waals surface area contributed by atoms with Crippen molar-refractivity contribution in [2.75, 3.05) is 13.3 Å². The summed E-state index contributed by atoms with van der Waals surface area (Å²) in [5.41, 5.74) is -4.09. The Bertz CT molecular complexity index is 1120. The van der Waals surface area contributed by atoms with Crippen LogP contribution in [0.15, 0.2) is 11.0 Å². The maximum absolute atomic E-state index is 13.6. The molecule has 3 unspecified atom stereocenters. The van der Waals surface area contributed by atoms with E-state index < -0.39 is 76.9 Å². The number of hydrogen-bond donors (Lipinski definition) is 7. The number of aliphatic hydroxyl groups excluding tert-OH is 1. The molecule has 6 atom stereocenters. The number of hydrogen-bond acceptors (Lipinski definition) is 11. The molecule has 2 rings (SSSR count). The number of phosphoric ester groups is 1. The van der Waals surface area contributed by atoms with Crippen molar-refractivity contribution < 1.29 is 70.1 Å². The van der Waals surface area contributed by atoms with Crippen LogP contribution in [0.2, 0.25) is 0 Å². The minimum absolute atomic E-state index is 0.434. The number of phosphoric acid groups is 3. The molecule has 1 fully saturated rings. The van der Waals surface area contributed by atoms with Crippen molar-refractivity contribution in [2.24, 2.45) is 0 Å². The highest BCUT2D eigenvalue weighted by Crippen LogP contribution is 2.66. The van der Waals surface area contributed by atoms with Crippen LogP contribution in [0.4, 0.5) is 8.78 Å². The average Bonchev–Trinajstić information content (AvgIpc) is 2.85. The first-order valence-corrected chi connectivity index (χ1v) is 12.7. The van der Waals surface area contributed by atoms with E-state index in [2.05, 4.69) is 13.1 Å². The molecule has 1 aliphatic heterocycles. The first-order valence-electron chi connectivity index (χ1n) is 7.82. The van der Waals surface area contributed by atoms with E-state index in [0.717, 1.165) is 0 Å². The summed E-state index contributed by atoms with van der Waals surface area (Å²) in [6.07, 6.45) is -5.66. The molecule has 0 aliphatic carbocycles. The van der Waals surface area contributed by atoms with Crippen molar-refractivity contribution in [3.63, 3.8) is 0 Å². The molecule has 0 bridgehead atoms. The predicted molar refractivity (Wildman–Crippen MR) is 96.5 cm³/mol. The molecule has 0 aromatic carbocycles. The van der Waals surface area contributed by atoms with Crippen LogP contribution in [-0.4, -0.2) is 70.4 Å². The molecule has 0 amide bonds. The molecule has 1 aromatic rings. The summed E-state index contributed by atoms with van der Waals surface area (Å²) in [6.45, 7) is -2.98. The van der Waals surface area contributed by atoms with E-state index >= 15 is 0 Å². The van der Waals surface area contributed by atoms with Gasteiger partial charge in [0.1, 0.15) is 18.9 Å². The molecule has 184 valence electrons. The molecule has 16 nitrogen and oxygen atoms in total. The molecule has 7 N–H and O–H groups in total. The lowest BCUT2D eigenvalue weighted by atomic mass is 9.95. The van der Waals surface area contributed by atoms with Gasteiger partial charge in [-0.1, -0.05) is 0 Å². The Kier molecular flexibility index (Phi) is 8.15. The van der Waals surface area contributed by atoms with Crippen molar-refractivity contribution in [1.29, 1.82) is 0 Å². The van der Waals surface area contributed by atoms with Crippen LogP contribution in [0.25, 0.3) is 0 Å². The van der Waals surface area contributed by atoms with Gasteiger partial charge in [-0.15, -0.1) is 0 Å². The summed E-state index contributed by atoms with van der Waals surface area (Å²) in [7, 11) is -17.1. The molecular formula is C10H15F2N2O14P3S. The van der Waals surface area contributed by atoms with E-state index in [1.165, 1.54) is 0 Å². The second kappa shape index (κ2) is 9.48. The summed E-state index contributed by atoms with van der Waals surface area (Å²) in [6, 6.07) is 0. The van der Waals surface area contributed by atoms with Gasteiger partial charge in [-0.3, -0.25) is 18.9 Å². The first-order chi connectivity index (χ1) is 14.4. The number of alkyl halides is 1. The third kappa shape index (κ3) is 6.43. The van der Waals surface area contributed by atoms with Crippen molar-refractivity contribution in [3.8, 4) is 0 Å². The number of nitrogens with zero attached hydrogens (tertiary/aromatic N) is 1. The lowest BCUT2D eigenvalue weighted by molar-refractivity contribution is -0.121. The zero-order valence-corrected chi connectivity index (χ0v) is 18.6. The molecule has 1 aromatic heterocycles. The minimum Gasteiger partial charge on any atom is -0.387 e. The van der Waals surface area contributed by atoms with E-state index in [4.69, 9.17) is 31.6 Å². The molecule has 32 heavy (non-hydrogen) atoms. The van der Waals surface area contributed by atoms with Gasteiger partial charge in [0, 0.05) is 0 Å². The summed E-state index contributed by atoms with van der Waals surface area (Å²) >= 11 is 4.76. The third-order valence-electron chi connectivity index (χ3n) is 3.80. The van der Waals surface area contributed by atoms with E-state index in [0.29, 0.717) is 10.8 Å². The quantitative estimate of drug-likeness (QED) is 0.149. The van der Waals surface area contributed by atoms with Crippen LogP contribution in [0.5, 0.6) is 0 Å². The molecule has 22 heteroatoms. The summed E-state index contributed by atoms with van der Waals surface area (Å²) in [4.78, 5) is 48.5. The van der Waals surface area contributed by atoms with Crippen molar-refractivity contribution in [3.05, 3.63) is 27.1 Å². The van der Waals surface area contributed by atoms with Gasteiger partial charge >= 0.3 is 23.5 Å². The van der Waals surface area contributed by atoms with Crippen molar-refractivity contribution >= 4 is 35.7 Å². The van der Waals surface area contributed by atoms with E-state index in [1.54, 1.807) is 0 Å². The number of nitrogens with one attached hydrogen (secondary N) is 1. The Morgan fingerprint density at radius 1 is 1.22 bits per heavy atom. The van der Waals surface area contributed by atoms with Crippen LogP contribution in [-0.2, 0) is 31.6 Å². The molecule has 0 spiro atoms. The fourth-order valence-electron chi connectivity index (χ4n) is 2.51. The SMILES string of the molecule is O=c1[nH]c(=S)n([C@@H]2O[C@H](COP(=O)(O)OP(=O)(O)OP(=O)(O)O)[C@H](O)C2(O)CF)cc1F. The second-order valence-electron chi connectivity index (χ2n) is 6.13. The smallest absolute Gasteiger partial charge is 0.387 e. The standard InChI is InChI=1S/C10H15F2N2O14P3S/c11-3-10(17)6(15)5(26-8(10)14-1-4(12)7(16)13-9(14)32)2-25-30(21,22)28-31(23,24)27-29(18,19)20/h1,5-6,8,15,17H,2-3H2,(H,21,22)(H,23,24)(H,13,16,32)(H2,18,19,20)/t5-,6+,8-,10?/m1/s1. The Balaban J connectivity index is 2.22. The summed E-state index contributed by atoms with van der Waals surface area (Å²) in [5.74, 6) is -1.42.